The number of aliphatic carboxylic acids is 2. The predicted molar refractivity (Wildman–Crippen MR) is 110 cm³/mol. The molecule has 0 spiro atoms. The maximum atomic E-state index is 9.10. The molecule has 1 aliphatic heterocycles. The molecule has 0 atom stereocenters. The molecule has 3 rings (SSSR count). The fourth-order valence-electron chi connectivity index (χ4n) is 3.03. The van der Waals surface area contributed by atoms with E-state index in [4.69, 9.17) is 36.1 Å². The van der Waals surface area contributed by atoms with Crippen LogP contribution in [0.5, 0.6) is 5.75 Å². The quantitative estimate of drug-likeness (QED) is 0.719. The minimum absolute atomic E-state index is 0.819. The lowest BCUT2D eigenvalue weighted by atomic mass is 10.1. The Morgan fingerprint density at radius 3 is 1.83 bits per heavy atom. The van der Waals surface area contributed by atoms with Gasteiger partial charge in [-0.1, -0.05) is 35.9 Å². The summed E-state index contributed by atoms with van der Waals surface area (Å²) in [5.74, 6) is -2.72. The van der Waals surface area contributed by atoms with Gasteiger partial charge in [0.15, 0.2) is 0 Å². The molecule has 1 saturated heterocycles. The molecule has 8 heteroatoms. The molecule has 156 valence electrons. The van der Waals surface area contributed by atoms with E-state index >= 15 is 0 Å². The number of piperazine rings is 1. The molecular weight excluding hydrogens is 396 g/mol. The summed E-state index contributed by atoms with van der Waals surface area (Å²) in [5, 5.41) is 15.6. The number of rotatable bonds is 5. The molecule has 0 bridgehead atoms. The molecule has 2 aromatic carbocycles. The second kappa shape index (κ2) is 11.4. The molecule has 0 unspecified atom stereocenters. The number of ether oxygens (including phenoxy) is 1. The topological polar surface area (TPSA) is 90.3 Å². The summed E-state index contributed by atoms with van der Waals surface area (Å²) in [7, 11) is 1.72. The molecule has 1 fully saturated rings. The number of methoxy groups -OCH3 is 1. The number of benzene rings is 2. The van der Waals surface area contributed by atoms with Crippen LogP contribution < -0.4 is 4.74 Å². The molecule has 0 amide bonds. The van der Waals surface area contributed by atoms with E-state index in [0.29, 0.717) is 0 Å². The van der Waals surface area contributed by atoms with Crippen molar-refractivity contribution < 1.29 is 24.5 Å². The van der Waals surface area contributed by atoms with Crippen molar-refractivity contribution in [1.82, 2.24) is 9.80 Å². The lowest BCUT2D eigenvalue weighted by Crippen LogP contribution is -2.45. The number of carboxylic acids is 2. The molecule has 29 heavy (non-hydrogen) atoms. The molecule has 1 heterocycles. The minimum atomic E-state index is -1.82. The van der Waals surface area contributed by atoms with Crippen LogP contribution in [-0.2, 0) is 22.7 Å². The van der Waals surface area contributed by atoms with E-state index in [0.717, 1.165) is 50.0 Å². The monoisotopic (exact) mass is 420 g/mol. The molecule has 1 aliphatic rings. The average Bonchev–Trinajstić information content (AvgIpc) is 2.70. The van der Waals surface area contributed by atoms with E-state index in [-0.39, 0.29) is 0 Å². The van der Waals surface area contributed by atoms with Gasteiger partial charge in [-0.05, 0) is 35.4 Å². The first-order valence-corrected chi connectivity index (χ1v) is 9.53. The van der Waals surface area contributed by atoms with Gasteiger partial charge in [-0.3, -0.25) is 9.80 Å². The van der Waals surface area contributed by atoms with E-state index in [9.17, 15) is 0 Å². The molecule has 0 saturated carbocycles. The predicted octanol–water partition coefficient (Wildman–Crippen LogP) is 2.82. The van der Waals surface area contributed by atoms with Crippen molar-refractivity contribution in [2.24, 2.45) is 0 Å². The fraction of sp³-hybridized carbons (Fsp3) is 0.333. The molecule has 2 N–H and O–H groups in total. The van der Waals surface area contributed by atoms with E-state index in [1.165, 1.54) is 11.1 Å². The van der Waals surface area contributed by atoms with Gasteiger partial charge in [0, 0.05) is 44.3 Å². The summed E-state index contributed by atoms with van der Waals surface area (Å²) in [4.78, 5) is 23.2. The summed E-state index contributed by atoms with van der Waals surface area (Å²) in [6.07, 6.45) is 0. The highest BCUT2D eigenvalue weighted by molar-refractivity contribution is 6.30. The van der Waals surface area contributed by atoms with Crippen LogP contribution >= 0.6 is 11.6 Å². The van der Waals surface area contributed by atoms with E-state index in [2.05, 4.69) is 40.1 Å². The van der Waals surface area contributed by atoms with E-state index in [1.807, 2.05) is 18.2 Å². The first-order chi connectivity index (χ1) is 13.9. The zero-order valence-corrected chi connectivity index (χ0v) is 17.0. The lowest BCUT2D eigenvalue weighted by molar-refractivity contribution is -0.159. The van der Waals surface area contributed by atoms with Crippen molar-refractivity contribution in [2.45, 2.75) is 13.1 Å². The molecule has 0 aromatic heterocycles. The molecule has 2 aromatic rings. The number of halogens is 1. The number of hydrogen-bond donors (Lipinski definition) is 2. The third-order valence-corrected chi connectivity index (χ3v) is 4.72. The van der Waals surface area contributed by atoms with Crippen molar-refractivity contribution >= 4 is 23.5 Å². The largest absolute Gasteiger partial charge is 0.497 e. The summed E-state index contributed by atoms with van der Waals surface area (Å²) in [5.41, 5.74) is 2.60. The summed E-state index contributed by atoms with van der Waals surface area (Å²) >= 11 is 6.06. The van der Waals surface area contributed by atoms with Crippen LogP contribution in [0, 0.1) is 0 Å². The second-order valence-corrected chi connectivity index (χ2v) is 7.08. The van der Waals surface area contributed by atoms with Gasteiger partial charge >= 0.3 is 11.9 Å². The van der Waals surface area contributed by atoms with Crippen molar-refractivity contribution in [3.05, 3.63) is 64.7 Å². The third-order valence-electron chi connectivity index (χ3n) is 4.48. The number of nitrogens with zero attached hydrogens (tertiary/aromatic N) is 2. The van der Waals surface area contributed by atoms with Crippen LogP contribution in [0.15, 0.2) is 48.5 Å². The van der Waals surface area contributed by atoms with Gasteiger partial charge < -0.3 is 14.9 Å². The summed E-state index contributed by atoms with van der Waals surface area (Å²) < 4.78 is 5.30. The highest BCUT2D eigenvalue weighted by Gasteiger charge is 2.17. The zero-order chi connectivity index (χ0) is 21.2. The maximum absolute atomic E-state index is 9.10. The van der Waals surface area contributed by atoms with E-state index < -0.39 is 11.9 Å². The Bertz CT molecular complexity index is 810. The third kappa shape index (κ3) is 8.11. The number of hydrogen-bond acceptors (Lipinski definition) is 5. The Morgan fingerprint density at radius 2 is 1.38 bits per heavy atom. The molecule has 0 radical (unpaired) electrons. The van der Waals surface area contributed by atoms with Gasteiger partial charge in [-0.25, -0.2) is 9.59 Å². The van der Waals surface area contributed by atoms with Crippen LogP contribution in [0.25, 0.3) is 0 Å². The first kappa shape index (κ1) is 22.7. The lowest BCUT2D eigenvalue weighted by Gasteiger charge is -2.34. The normalized spacial score (nSPS) is 14.6. The smallest absolute Gasteiger partial charge is 0.414 e. The highest BCUT2D eigenvalue weighted by Crippen LogP contribution is 2.17. The van der Waals surface area contributed by atoms with Crippen LogP contribution in [0.2, 0.25) is 5.02 Å². The minimum Gasteiger partial charge on any atom is -0.497 e. The van der Waals surface area contributed by atoms with Crippen LogP contribution in [0.4, 0.5) is 0 Å². The second-order valence-electron chi connectivity index (χ2n) is 6.64. The van der Waals surface area contributed by atoms with Crippen molar-refractivity contribution in [2.75, 3.05) is 33.3 Å². The van der Waals surface area contributed by atoms with Gasteiger partial charge in [0.2, 0.25) is 0 Å². The van der Waals surface area contributed by atoms with Crippen molar-refractivity contribution in [1.29, 1.82) is 0 Å². The molecular formula is C21H25ClN2O5. The van der Waals surface area contributed by atoms with Gasteiger partial charge in [0.05, 0.1) is 7.11 Å². The number of carbonyl (C=O) groups is 2. The summed E-state index contributed by atoms with van der Waals surface area (Å²) in [6.45, 7) is 6.35. The first-order valence-electron chi connectivity index (χ1n) is 9.15. The van der Waals surface area contributed by atoms with Crippen LogP contribution in [0.3, 0.4) is 0 Å². The maximum Gasteiger partial charge on any atom is 0.414 e. The fourth-order valence-corrected chi connectivity index (χ4v) is 3.24. The van der Waals surface area contributed by atoms with Crippen molar-refractivity contribution in [3.8, 4) is 5.75 Å². The SMILES string of the molecule is COc1cccc(CN2CCN(Cc3cccc(Cl)c3)CC2)c1.O=C(O)C(=O)O. The van der Waals surface area contributed by atoms with E-state index in [1.54, 1.807) is 7.11 Å². The van der Waals surface area contributed by atoms with Crippen LogP contribution in [0.1, 0.15) is 11.1 Å². The van der Waals surface area contributed by atoms with Gasteiger partial charge in [-0.15, -0.1) is 0 Å². The molecule has 0 aliphatic carbocycles. The Labute approximate surface area is 175 Å². The Kier molecular flexibility index (Phi) is 8.92. The van der Waals surface area contributed by atoms with Gasteiger partial charge in [0.25, 0.3) is 0 Å². The van der Waals surface area contributed by atoms with Crippen LogP contribution in [-0.4, -0.2) is 65.2 Å². The number of carboxylic acid groups (broad SMARTS) is 2. The Morgan fingerprint density at radius 1 is 0.897 bits per heavy atom. The van der Waals surface area contributed by atoms with Gasteiger partial charge in [0.1, 0.15) is 5.75 Å². The average molecular weight is 421 g/mol. The standard InChI is InChI=1S/C19H23ClN2O.C2H2O4/c1-23-19-7-3-5-17(13-19)15-22-10-8-21(9-11-22)14-16-4-2-6-18(20)12-16;3-1(4)2(5)6/h2-7,12-13H,8-11,14-15H2,1H3;(H,3,4)(H,5,6). The molecule has 7 nitrogen and oxygen atoms in total. The summed E-state index contributed by atoms with van der Waals surface area (Å²) in [6, 6.07) is 16.5. The Balaban J connectivity index is 0.000000438. The highest BCUT2D eigenvalue weighted by atomic mass is 35.5. The van der Waals surface area contributed by atoms with Crippen molar-refractivity contribution in [3.63, 3.8) is 0 Å². The zero-order valence-electron chi connectivity index (χ0n) is 16.3. The Hall–Kier alpha value is -2.61. The van der Waals surface area contributed by atoms with Gasteiger partial charge in [-0.2, -0.15) is 0 Å².